The predicted octanol–water partition coefficient (Wildman–Crippen LogP) is 16.4. The van der Waals surface area contributed by atoms with E-state index in [4.69, 9.17) is 19.4 Å². The Morgan fingerprint density at radius 2 is 0.783 bits per heavy atom. The van der Waals surface area contributed by atoms with Gasteiger partial charge in [-0.3, -0.25) is 0 Å². The molecule has 0 fully saturated rings. The number of para-hydroxylation sites is 2. The van der Waals surface area contributed by atoms with Crippen LogP contribution in [0.5, 0.6) is 0 Å². The van der Waals surface area contributed by atoms with Crippen molar-refractivity contribution >= 4 is 97.9 Å². The second kappa shape index (κ2) is 14.6. The molecule has 0 saturated carbocycles. The Hall–Kier alpha value is -9.39. The van der Waals surface area contributed by atoms with Crippen LogP contribution in [0.1, 0.15) is 0 Å². The molecule has 4 aromatic heterocycles. The van der Waals surface area contributed by atoms with E-state index in [1.165, 1.54) is 54.1 Å². The standard InChI is InChI=1S/C63H37N5O/c1-3-15-38(16-4-1)61-64-62(43-27-29-48-46-23-13-14-26-54(46)67(55(48)35-43)45-21-5-2-6-22-45)66-63(65-61)44-28-30-49-53-37-58(47-24-11-12-25-50(47)60(53)69-59(49)36-44)68-56-33-41-19-9-7-17-39(41)31-51(56)52-32-40-18-8-10-20-42(40)34-57(52)68/h1-37H. The first kappa shape index (κ1) is 37.8. The molecule has 15 rings (SSSR count). The Balaban J connectivity index is 0.935. The third-order valence-corrected chi connectivity index (χ3v) is 14.1. The zero-order chi connectivity index (χ0) is 45.2. The molecule has 320 valence electrons. The first-order valence-corrected chi connectivity index (χ1v) is 23.3. The van der Waals surface area contributed by atoms with Crippen LogP contribution in [0, 0.1) is 0 Å². The van der Waals surface area contributed by atoms with Crippen LogP contribution in [0.4, 0.5) is 0 Å². The van der Waals surface area contributed by atoms with Crippen molar-refractivity contribution in [2.75, 3.05) is 0 Å². The number of nitrogens with zero attached hydrogens (tertiary/aromatic N) is 5. The lowest BCUT2D eigenvalue weighted by atomic mass is 10.0. The number of hydrogen-bond acceptors (Lipinski definition) is 4. The maximum atomic E-state index is 6.97. The van der Waals surface area contributed by atoms with Crippen molar-refractivity contribution in [1.29, 1.82) is 0 Å². The van der Waals surface area contributed by atoms with Crippen LogP contribution in [0.15, 0.2) is 229 Å². The molecule has 15 aromatic rings. The van der Waals surface area contributed by atoms with Gasteiger partial charge in [-0.25, -0.2) is 15.0 Å². The smallest absolute Gasteiger partial charge is 0.164 e. The quantitative estimate of drug-likeness (QED) is 0.173. The molecular weight excluding hydrogens is 843 g/mol. The highest BCUT2D eigenvalue weighted by molar-refractivity contribution is 6.21. The van der Waals surface area contributed by atoms with E-state index in [2.05, 4.69) is 203 Å². The fourth-order valence-corrected chi connectivity index (χ4v) is 10.9. The Morgan fingerprint density at radius 3 is 1.45 bits per heavy atom. The summed E-state index contributed by atoms with van der Waals surface area (Å²) < 4.78 is 11.8. The van der Waals surface area contributed by atoms with Crippen LogP contribution >= 0.6 is 0 Å². The SMILES string of the molecule is c1ccc(-c2nc(-c3ccc4c(c3)oc3c5ccccc5c(-n5c6cc7ccccc7cc6c6cc7ccccc7cc65)cc43)nc(-c3ccc4c5ccccc5n(-c5ccccc5)c4c3)n2)cc1. The molecule has 4 heterocycles. The minimum atomic E-state index is 0.570. The van der Waals surface area contributed by atoms with Crippen molar-refractivity contribution in [3.05, 3.63) is 224 Å². The second-order valence-corrected chi connectivity index (χ2v) is 18.0. The van der Waals surface area contributed by atoms with Gasteiger partial charge in [0.05, 0.1) is 27.8 Å². The van der Waals surface area contributed by atoms with Gasteiger partial charge in [-0.2, -0.15) is 0 Å². The maximum absolute atomic E-state index is 6.97. The van der Waals surface area contributed by atoms with Crippen LogP contribution in [-0.2, 0) is 0 Å². The summed E-state index contributed by atoms with van der Waals surface area (Å²) in [7, 11) is 0. The van der Waals surface area contributed by atoms with E-state index in [1.807, 2.05) is 30.3 Å². The van der Waals surface area contributed by atoms with E-state index in [-0.39, 0.29) is 0 Å². The van der Waals surface area contributed by atoms with Crippen molar-refractivity contribution < 1.29 is 4.42 Å². The summed E-state index contributed by atoms with van der Waals surface area (Å²) in [6.45, 7) is 0. The van der Waals surface area contributed by atoms with E-state index < -0.39 is 0 Å². The average Bonchev–Trinajstić information content (AvgIpc) is 4.06. The molecular formula is C63H37N5O. The van der Waals surface area contributed by atoms with Crippen molar-refractivity contribution in [1.82, 2.24) is 24.1 Å². The van der Waals surface area contributed by atoms with Gasteiger partial charge in [0, 0.05) is 65.5 Å². The largest absolute Gasteiger partial charge is 0.455 e. The first-order valence-electron chi connectivity index (χ1n) is 23.3. The van der Waals surface area contributed by atoms with Gasteiger partial charge in [0.2, 0.25) is 0 Å². The Labute approximate surface area is 394 Å². The minimum Gasteiger partial charge on any atom is -0.455 e. The average molecular weight is 880 g/mol. The van der Waals surface area contributed by atoms with Gasteiger partial charge in [0.15, 0.2) is 17.5 Å². The van der Waals surface area contributed by atoms with Crippen molar-refractivity contribution in [3.8, 4) is 45.5 Å². The molecule has 0 unspecified atom stereocenters. The molecule has 0 aliphatic carbocycles. The molecule has 0 atom stereocenters. The molecule has 6 heteroatoms. The van der Waals surface area contributed by atoms with Crippen LogP contribution in [0.25, 0.3) is 143 Å². The number of hydrogen-bond donors (Lipinski definition) is 0. The van der Waals surface area contributed by atoms with Gasteiger partial charge in [-0.05, 0) is 88.3 Å². The third-order valence-electron chi connectivity index (χ3n) is 14.1. The molecule has 11 aromatic carbocycles. The molecule has 0 spiro atoms. The second-order valence-electron chi connectivity index (χ2n) is 18.0. The third kappa shape index (κ3) is 5.76. The summed E-state index contributed by atoms with van der Waals surface area (Å²) in [4.78, 5) is 15.5. The number of fused-ring (bicyclic) bond motifs is 13. The van der Waals surface area contributed by atoms with Crippen LogP contribution in [0.2, 0.25) is 0 Å². The van der Waals surface area contributed by atoms with E-state index in [0.717, 1.165) is 71.8 Å². The summed E-state index contributed by atoms with van der Waals surface area (Å²) in [6, 6.07) is 79.8. The minimum absolute atomic E-state index is 0.570. The van der Waals surface area contributed by atoms with Gasteiger partial charge < -0.3 is 13.6 Å². The molecule has 0 bridgehead atoms. The summed E-state index contributed by atoms with van der Waals surface area (Å²) in [6.07, 6.45) is 0. The summed E-state index contributed by atoms with van der Waals surface area (Å²) >= 11 is 0. The van der Waals surface area contributed by atoms with Crippen molar-refractivity contribution in [2.45, 2.75) is 0 Å². The van der Waals surface area contributed by atoms with Crippen LogP contribution < -0.4 is 0 Å². The normalized spacial score (nSPS) is 12.1. The van der Waals surface area contributed by atoms with Gasteiger partial charge >= 0.3 is 0 Å². The van der Waals surface area contributed by atoms with E-state index in [0.29, 0.717) is 17.5 Å². The zero-order valence-corrected chi connectivity index (χ0v) is 37.0. The monoisotopic (exact) mass is 879 g/mol. The van der Waals surface area contributed by atoms with E-state index in [1.54, 1.807) is 0 Å². The topological polar surface area (TPSA) is 61.7 Å². The number of rotatable bonds is 5. The summed E-state index contributed by atoms with van der Waals surface area (Å²) in [5, 5.41) is 13.9. The van der Waals surface area contributed by atoms with Crippen LogP contribution in [0.3, 0.4) is 0 Å². The Morgan fingerprint density at radius 1 is 0.290 bits per heavy atom. The summed E-state index contributed by atoms with van der Waals surface area (Å²) in [5.74, 6) is 1.77. The highest BCUT2D eigenvalue weighted by atomic mass is 16.3. The fourth-order valence-electron chi connectivity index (χ4n) is 10.9. The lowest BCUT2D eigenvalue weighted by Gasteiger charge is -2.13. The molecule has 69 heavy (non-hydrogen) atoms. The maximum Gasteiger partial charge on any atom is 0.164 e. The molecule has 0 saturated heterocycles. The highest BCUT2D eigenvalue weighted by Crippen LogP contribution is 2.43. The molecule has 6 nitrogen and oxygen atoms in total. The first-order chi connectivity index (χ1) is 34.2. The van der Waals surface area contributed by atoms with Crippen molar-refractivity contribution in [3.63, 3.8) is 0 Å². The van der Waals surface area contributed by atoms with Gasteiger partial charge in [0.25, 0.3) is 0 Å². The lowest BCUT2D eigenvalue weighted by Crippen LogP contribution is -2.00. The molecule has 0 aliphatic heterocycles. The Bertz CT molecular complexity index is 4510. The van der Waals surface area contributed by atoms with Gasteiger partial charge in [-0.15, -0.1) is 0 Å². The molecule has 0 radical (unpaired) electrons. The van der Waals surface area contributed by atoms with Crippen molar-refractivity contribution in [2.24, 2.45) is 0 Å². The Kier molecular flexibility index (Phi) is 7.97. The van der Waals surface area contributed by atoms with Gasteiger partial charge in [-0.1, -0.05) is 158 Å². The zero-order valence-electron chi connectivity index (χ0n) is 37.0. The number of aromatic nitrogens is 5. The number of furan rings is 1. The fraction of sp³-hybridized carbons (Fsp3) is 0. The van der Waals surface area contributed by atoms with Gasteiger partial charge in [0.1, 0.15) is 11.2 Å². The molecule has 0 N–H and O–H groups in total. The highest BCUT2D eigenvalue weighted by Gasteiger charge is 2.22. The number of benzene rings is 11. The predicted molar refractivity (Wildman–Crippen MR) is 285 cm³/mol. The van der Waals surface area contributed by atoms with E-state index in [9.17, 15) is 0 Å². The molecule has 0 amide bonds. The lowest BCUT2D eigenvalue weighted by molar-refractivity contribution is 0.672. The molecule has 0 aliphatic rings. The summed E-state index contributed by atoms with van der Waals surface area (Å²) in [5.41, 5.74) is 11.0. The van der Waals surface area contributed by atoms with E-state index >= 15 is 0 Å². The van der Waals surface area contributed by atoms with Crippen LogP contribution in [-0.4, -0.2) is 24.1 Å².